The van der Waals surface area contributed by atoms with Crippen molar-refractivity contribution in [2.24, 2.45) is 0 Å². The Morgan fingerprint density at radius 2 is 2.25 bits per heavy atom. The van der Waals surface area contributed by atoms with E-state index in [-0.39, 0.29) is 12.1 Å². The molecule has 0 heterocycles. The summed E-state index contributed by atoms with van der Waals surface area (Å²) < 4.78 is 5.34. The summed E-state index contributed by atoms with van der Waals surface area (Å²) in [4.78, 5) is 10.6. The summed E-state index contributed by atoms with van der Waals surface area (Å²) in [7, 11) is 1.59. The molecule has 0 rings (SSSR count). The maximum Gasteiger partial charge on any atom is 0.314 e. The molecule has 0 aliphatic rings. The molecule has 72 valence electrons. The van der Waals surface area contributed by atoms with Crippen molar-refractivity contribution in [1.82, 2.24) is 10.6 Å². The molecular weight excluding hydrogens is 156 g/mol. The van der Waals surface area contributed by atoms with Crippen LogP contribution >= 0.6 is 0 Å². The van der Waals surface area contributed by atoms with E-state index in [4.69, 9.17) is 4.74 Å². The molecule has 4 nitrogen and oxygen atoms in total. The first-order valence-electron chi connectivity index (χ1n) is 4.27. The summed E-state index contributed by atoms with van der Waals surface area (Å²) >= 11 is 0. The standard InChI is InChI=1S/C8H18N2O2/c1-4-7(2)12-6-5-10-8(11)9-3/h7H,4-6H2,1-3H3,(H2,9,10,11). The van der Waals surface area contributed by atoms with Crippen molar-refractivity contribution in [3.8, 4) is 0 Å². The van der Waals surface area contributed by atoms with Crippen LogP contribution in [0, 0.1) is 0 Å². The van der Waals surface area contributed by atoms with Gasteiger partial charge in [0.1, 0.15) is 0 Å². The molecule has 0 aliphatic carbocycles. The largest absolute Gasteiger partial charge is 0.377 e. The first-order valence-corrected chi connectivity index (χ1v) is 4.27. The van der Waals surface area contributed by atoms with Gasteiger partial charge in [0.05, 0.1) is 12.7 Å². The predicted octanol–water partition coefficient (Wildman–Crippen LogP) is 0.731. The minimum Gasteiger partial charge on any atom is -0.377 e. The van der Waals surface area contributed by atoms with E-state index < -0.39 is 0 Å². The van der Waals surface area contributed by atoms with Gasteiger partial charge in [0.25, 0.3) is 0 Å². The summed E-state index contributed by atoms with van der Waals surface area (Å²) in [5.41, 5.74) is 0. The highest BCUT2D eigenvalue weighted by Gasteiger charge is 1.98. The SMILES string of the molecule is CCC(C)OCCNC(=O)NC. The molecule has 0 saturated carbocycles. The van der Waals surface area contributed by atoms with Crippen molar-refractivity contribution in [1.29, 1.82) is 0 Å². The number of amides is 2. The fourth-order valence-electron chi connectivity index (χ4n) is 0.631. The van der Waals surface area contributed by atoms with Crippen LogP contribution in [0.5, 0.6) is 0 Å². The zero-order chi connectivity index (χ0) is 9.40. The summed E-state index contributed by atoms with van der Waals surface area (Å²) in [5, 5.41) is 5.10. The highest BCUT2D eigenvalue weighted by molar-refractivity contribution is 5.73. The van der Waals surface area contributed by atoms with Gasteiger partial charge < -0.3 is 15.4 Å². The van der Waals surface area contributed by atoms with Crippen LogP contribution in [0.25, 0.3) is 0 Å². The Kier molecular flexibility index (Phi) is 6.47. The van der Waals surface area contributed by atoms with E-state index >= 15 is 0 Å². The van der Waals surface area contributed by atoms with E-state index in [1.165, 1.54) is 0 Å². The van der Waals surface area contributed by atoms with Crippen LogP contribution in [-0.4, -0.2) is 32.3 Å². The zero-order valence-corrected chi connectivity index (χ0v) is 8.02. The van der Waals surface area contributed by atoms with E-state index in [1.54, 1.807) is 7.05 Å². The van der Waals surface area contributed by atoms with Crippen LogP contribution in [0.15, 0.2) is 0 Å². The molecule has 0 aromatic heterocycles. The molecule has 0 radical (unpaired) electrons. The lowest BCUT2D eigenvalue weighted by molar-refractivity contribution is 0.0666. The van der Waals surface area contributed by atoms with Crippen molar-refractivity contribution in [2.75, 3.05) is 20.2 Å². The number of hydrogen-bond acceptors (Lipinski definition) is 2. The van der Waals surface area contributed by atoms with Gasteiger partial charge in [0.15, 0.2) is 0 Å². The third-order valence-corrected chi connectivity index (χ3v) is 1.59. The molecule has 0 saturated heterocycles. The van der Waals surface area contributed by atoms with E-state index in [9.17, 15) is 4.79 Å². The molecule has 0 spiro atoms. The van der Waals surface area contributed by atoms with Crippen molar-refractivity contribution in [3.63, 3.8) is 0 Å². The summed E-state index contributed by atoms with van der Waals surface area (Å²) in [6.45, 7) is 5.21. The molecule has 1 unspecified atom stereocenters. The van der Waals surface area contributed by atoms with E-state index in [0.717, 1.165) is 6.42 Å². The Labute approximate surface area is 73.7 Å². The van der Waals surface area contributed by atoms with E-state index in [1.807, 2.05) is 6.92 Å². The average molecular weight is 174 g/mol. The van der Waals surface area contributed by atoms with Crippen LogP contribution in [0.4, 0.5) is 4.79 Å². The Morgan fingerprint density at radius 1 is 1.58 bits per heavy atom. The highest BCUT2D eigenvalue weighted by Crippen LogP contribution is 1.93. The Morgan fingerprint density at radius 3 is 2.75 bits per heavy atom. The van der Waals surface area contributed by atoms with Crippen LogP contribution in [0.2, 0.25) is 0 Å². The summed E-state index contributed by atoms with van der Waals surface area (Å²) in [5.74, 6) is 0. The molecule has 0 fully saturated rings. The first-order chi connectivity index (χ1) is 5.70. The number of ether oxygens (including phenoxy) is 1. The molecule has 12 heavy (non-hydrogen) atoms. The molecular formula is C8H18N2O2. The maximum absolute atomic E-state index is 10.6. The minimum atomic E-state index is -0.164. The fourth-order valence-corrected chi connectivity index (χ4v) is 0.631. The maximum atomic E-state index is 10.6. The Hall–Kier alpha value is -0.770. The van der Waals surface area contributed by atoms with Crippen molar-refractivity contribution in [2.45, 2.75) is 26.4 Å². The second kappa shape index (κ2) is 6.91. The van der Waals surface area contributed by atoms with Gasteiger partial charge in [-0.05, 0) is 13.3 Å². The highest BCUT2D eigenvalue weighted by atomic mass is 16.5. The van der Waals surface area contributed by atoms with Crippen LogP contribution in [-0.2, 0) is 4.74 Å². The second-order valence-electron chi connectivity index (χ2n) is 2.60. The van der Waals surface area contributed by atoms with Crippen molar-refractivity contribution >= 4 is 6.03 Å². The average Bonchev–Trinajstić information content (AvgIpc) is 2.11. The number of rotatable bonds is 5. The second-order valence-corrected chi connectivity index (χ2v) is 2.60. The molecule has 2 amide bonds. The predicted molar refractivity (Wildman–Crippen MR) is 48.2 cm³/mol. The molecule has 0 bridgehead atoms. The summed E-state index contributed by atoms with van der Waals surface area (Å²) in [6.07, 6.45) is 1.27. The lowest BCUT2D eigenvalue weighted by Crippen LogP contribution is -2.35. The van der Waals surface area contributed by atoms with Crippen LogP contribution < -0.4 is 10.6 Å². The molecule has 0 aromatic carbocycles. The topological polar surface area (TPSA) is 50.4 Å². The molecule has 2 N–H and O–H groups in total. The van der Waals surface area contributed by atoms with E-state index in [2.05, 4.69) is 17.6 Å². The molecule has 4 heteroatoms. The van der Waals surface area contributed by atoms with Gasteiger partial charge in [-0.15, -0.1) is 0 Å². The van der Waals surface area contributed by atoms with Gasteiger partial charge in [0, 0.05) is 13.6 Å². The number of carbonyl (C=O) groups excluding carboxylic acids is 1. The van der Waals surface area contributed by atoms with E-state index in [0.29, 0.717) is 13.2 Å². The zero-order valence-electron chi connectivity index (χ0n) is 8.02. The molecule has 0 aromatic rings. The van der Waals surface area contributed by atoms with Gasteiger partial charge in [-0.2, -0.15) is 0 Å². The lowest BCUT2D eigenvalue weighted by Gasteiger charge is -2.10. The molecule has 0 aliphatic heterocycles. The van der Waals surface area contributed by atoms with Crippen molar-refractivity contribution in [3.05, 3.63) is 0 Å². The molecule has 1 atom stereocenters. The Bertz CT molecular complexity index is 128. The monoisotopic (exact) mass is 174 g/mol. The summed E-state index contributed by atoms with van der Waals surface area (Å²) in [6, 6.07) is -0.164. The van der Waals surface area contributed by atoms with Crippen LogP contribution in [0.1, 0.15) is 20.3 Å². The van der Waals surface area contributed by atoms with Gasteiger partial charge in [0.2, 0.25) is 0 Å². The smallest absolute Gasteiger partial charge is 0.314 e. The van der Waals surface area contributed by atoms with Gasteiger partial charge >= 0.3 is 6.03 Å². The number of hydrogen-bond donors (Lipinski definition) is 2. The normalized spacial score (nSPS) is 12.2. The van der Waals surface area contributed by atoms with Crippen LogP contribution in [0.3, 0.4) is 0 Å². The first kappa shape index (κ1) is 11.2. The number of nitrogens with one attached hydrogen (secondary N) is 2. The van der Waals surface area contributed by atoms with Gasteiger partial charge in [-0.1, -0.05) is 6.92 Å². The van der Waals surface area contributed by atoms with Crippen molar-refractivity contribution < 1.29 is 9.53 Å². The number of urea groups is 1. The van der Waals surface area contributed by atoms with Gasteiger partial charge in [-0.25, -0.2) is 4.79 Å². The third kappa shape index (κ3) is 5.97. The minimum absolute atomic E-state index is 0.164. The number of carbonyl (C=O) groups is 1. The van der Waals surface area contributed by atoms with Gasteiger partial charge in [-0.3, -0.25) is 0 Å². The Balaban J connectivity index is 3.15. The third-order valence-electron chi connectivity index (χ3n) is 1.59. The quantitative estimate of drug-likeness (QED) is 0.604. The lowest BCUT2D eigenvalue weighted by atomic mass is 10.3. The fraction of sp³-hybridized carbons (Fsp3) is 0.875.